The maximum atomic E-state index is 10.1. The largest absolute Gasteiger partial charge is 0.394 e. The Morgan fingerprint density at radius 1 is 1.15 bits per heavy atom. The van der Waals surface area contributed by atoms with E-state index in [4.69, 9.17) is 14.2 Å². The highest BCUT2D eigenvalue weighted by Gasteiger charge is 2.45. The molecule has 6 nitrogen and oxygen atoms in total. The number of methoxy groups -OCH3 is 1. The number of benzene rings is 1. The van der Waals surface area contributed by atoms with Crippen LogP contribution in [0.1, 0.15) is 5.56 Å². The van der Waals surface area contributed by atoms with Gasteiger partial charge in [0.1, 0.15) is 24.4 Å². The normalized spacial score (nSPS) is 34.1. The minimum Gasteiger partial charge on any atom is -0.394 e. The average Bonchev–Trinajstić information content (AvgIpc) is 2.48. The zero-order chi connectivity index (χ0) is 14.5. The van der Waals surface area contributed by atoms with Gasteiger partial charge in [-0.2, -0.15) is 0 Å². The molecule has 1 heterocycles. The van der Waals surface area contributed by atoms with Crippen molar-refractivity contribution in [2.75, 3.05) is 13.7 Å². The van der Waals surface area contributed by atoms with Crippen LogP contribution >= 0.6 is 0 Å². The van der Waals surface area contributed by atoms with Crippen molar-refractivity contribution in [3.05, 3.63) is 35.9 Å². The van der Waals surface area contributed by atoms with Crippen LogP contribution in [-0.4, -0.2) is 59.7 Å². The summed E-state index contributed by atoms with van der Waals surface area (Å²) in [4.78, 5) is 0. The second kappa shape index (κ2) is 7.12. The van der Waals surface area contributed by atoms with Crippen molar-refractivity contribution in [1.29, 1.82) is 0 Å². The molecule has 0 radical (unpaired) electrons. The van der Waals surface area contributed by atoms with Gasteiger partial charge < -0.3 is 29.5 Å². The van der Waals surface area contributed by atoms with Gasteiger partial charge in [0.2, 0.25) is 0 Å². The molecule has 20 heavy (non-hydrogen) atoms. The van der Waals surface area contributed by atoms with Gasteiger partial charge in [-0.1, -0.05) is 30.3 Å². The minimum atomic E-state index is -1.12. The highest BCUT2D eigenvalue weighted by Crippen LogP contribution is 2.24. The molecule has 0 aliphatic carbocycles. The summed E-state index contributed by atoms with van der Waals surface area (Å²) in [5.74, 6) is 0. The maximum absolute atomic E-state index is 10.1. The number of aliphatic hydroxyl groups excluding tert-OH is 3. The molecule has 6 heteroatoms. The van der Waals surface area contributed by atoms with E-state index in [9.17, 15) is 15.3 Å². The quantitative estimate of drug-likeness (QED) is 0.685. The van der Waals surface area contributed by atoms with Crippen LogP contribution in [0, 0.1) is 0 Å². The number of rotatable bonds is 5. The lowest BCUT2D eigenvalue weighted by Crippen LogP contribution is -2.59. The highest BCUT2D eigenvalue weighted by atomic mass is 16.7. The van der Waals surface area contributed by atoms with Gasteiger partial charge in [0, 0.05) is 7.11 Å². The molecule has 1 aliphatic rings. The van der Waals surface area contributed by atoms with E-state index in [2.05, 4.69) is 0 Å². The Labute approximate surface area is 117 Å². The lowest BCUT2D eigenvalue weighted by Gasteiger charge is -2.41. The predicted octanol–water partition coefficient (Wildman–Crippen LogP) is -0.343. The van der Waals surface area contributed by atoms with Gasteiger partial charge in [-0.05, 0) is 5.56 Å². The van der Waals surface area contributed by atoms with Crippen molar-refractivity contribution in [3.63, 3.8) is 0 Å². The van der Waals surface area contributed by atoms with E-state index in [-0.39, 0.29) is 13.2 Å². The van der Waals surface area contributed by atoms with Crippen LogP contribution in [0.15, 0.2) is 30.3 Å². The fourth-order valence-corrected chi connectivity index (χ4v) is 2.21. The van der Waals surface area contributed by atoms with Crippen LogP contribution in [0.4, 0.5) is 0 Å². The number of ether oxygens (including phenoxy) is 3. The second-order valence-corrected chi connectivity index (χ2v) is 4.70. The Kier molecular flexibility index (Phi) is 5.47. The Bertz CT molecular complexity index is 382. The molecular weight excluding hydrogens is 264 g/mol. The first kappa shape index (κ1) is 15.4. The maximum Gasteiger partial charge on any atom is 0.186 e. The Morgan fingerprint density at radius 2 is 1.85 bits per heavy atom. The zero-order valence-corrected chi connectivity index (χ0v) is 11.3. The number of aliphatic hydroxyl groups is 3. The van der Waals surface area contributed by atoms with Crippen molar-refractivity contribution in [2.45, 2.75) is 37.3 Å². The molecule has 0 aromatic heterocycles. The summed E-state index contributed by atoms with van der Waals surface area (Å²) < 4.78 is 15.8. The molecule has 1 aliphatic heterocycles. The summed E-state index contributed by atoms with van der Waals surface area (Å²) in [6.07, 6.45) is -4.90. The molecule has 1 saturated heterocycles. The van der Waals surface area contributed by atoms with Gasteiger partial charge in [-0.15, -0.1) is 0 Å². The number of hydrogen-bond acceptors (Lipinski definition) is 6. The Morgan fingerprint density at radius 3 is 2.45 bits per heavy atom. The van der Waals surface area contributed by atoms with E-state index < -0.39 is 30.7 Å². The fraction of sp³-hybridized carbons (Fsp3) is 0.571. The second-order valence-electron chi connectivity index (χ2n) is 4.70. The smallest absolute Gasteiger partial charge is 0.186 e. The van der Waals surface area contributed by atoms with Gasteiger partial charge in [0.15, 0.2) is 6.29 Å². The molecule has 0 unspecified atom stereocenters. The standard InChI is InChI=1S/C14H20O6/c1-18-14-12(17)13(11(16)10(7-15)20-14)19-8-9-5-3-2-4-6-9/h2-6,10-17H,7-8H2,1H3/t10-,11-,12-,13+,14-/m1/s1. The van der Waals surface area contributed by atoms with Crippen LogP contribution in [-0.2, 0) is 20.8 Å². The first-order valence-electron chi connectivity index (χ1n) is 6.48. The van der Waals surface area contributed by atoms with Crippen molar-refractivity contribution < 1.29 is 29.5 Å². The molecule has 0 spiro atoms. The van der Waals surface area contributed by atoms with E-state index in [0.717, 1.165) is 5.56 Å². The van der Waals surface area contributed by atoms with Crippen molar-refractivity contribution >= 4 is 0 Å². The highest BCUT2D eigenvalue weighted by molar-refractivity contribution is 5.13. The summed E-state index contributed by atoms with van der Waals surface area (Å²) in [5, 5.41) is 29.3. The van der Waals surface area contributed by atoms with E-state index in [0.29, 0.717) is 0 Å². The van der Waals surface area contributed by atoms with E-state index in [1.54, 1.807) is 0 Å². The van der Waals surface area contributed by atoms with Crippen LogP contribution < -0.4 is 0 Å². The summed E-state index contributed by atoms with van der Waals surface area (Å²) in [6.45, 7) is -0.132. The van der Waals surface area contributed by atoms with Gasteiger partial charge in [0.05, 0.1) is 13.2 Å². The number of hydrogen-bond donors (Lipinski definition) is 3. The average molecular weight is 284 g/mol. The van der Waals surface area contributed by atoms with Gasteiger partial charge in [0.25, 0.3) is 0 Å². The Hall–Kier alpha value is -1.02. The minimum absolute atomic E-state index is 0.244. The first-order chi connectivity index (χ1) is 9.67. The van der Waals surface area contributed by atoms with Gasteiger partial charge >= 0.3 is 0 Å². The van der Waals surface area contributed by atoms with Crippen molar-refractivity contribution in [1.82, 2.24) is 0 Å². The summed E-state index contributed by atoms with van der Waals surface area (Å²) in [5.41, 5.74) is 0.924. The molecule has 1 aromatic rings. The molecule has 0 amide bonds. The molecule has 1 aromatic carbocycles. The summed E-state index contributed by atoms with van der Waals surface area (Å²) in [6, 6.07) is 9.42. The summed E-state index contributed by atoms with van der Waals surface area (Å²) in [7, 11) is 1.38. The topological polar surface area (TPSA) is 88.4 Å². The van der Waals surface area contributed by atoms with Crippen LogP contribution in [0.2, 0.25) is 0 Å². The van der Waals surface area contributed by atoms with E-state index in [1.165, 1.54) is 7.11 Å². The third-order valence-electron chi connectivity index (χ3n) is 3.34. The third-order valence-corrected chi connectivity index (χ3v) is 3.34. The summed E-state index contributed by atoms with van der Waals surface area (Å²) >= 11 is 0. The lowest BCUT2D eigenvalue weighted by atomic mass is 9.99. The predicted molar refractivity (Wildman–Crippen MR) is 69.8 cm³/mol. The zero-order valence-electron chi connectivity index (χ0n) is 11.3. The van der Waals surface area contributed by atoms with Crippen molar-refractivity contribution in [2.24, 2.45) is 0 Å². The Balaban J connectivity index is 2.02. The molecule has 1 fully saturated rings. The van der Waals surface area contributed by atoms with Crippen LogP contribution in [0.3, 0.4) is 0 Å². The molecule has 0 bridgehead atoms. The monoisotopic (exact) mass is 284 g/mol. The molecule has 2 rings (SSSR count). The van der Waals surface area contributed by atoms with E-state index >= 15 is 0 Å². The van der Waals surface area contributed by atoms with Crippen molar-refractivity contribution in [3.8, 4) is 0 Å². The van der Waals surface area contributed by atoms with Crippen LogP contribution in [0.5, 0.6) is 0 Å². The molecule has 3 N–H and O–H groups in total. The van der Waals surface area contributed by atoms with Gasteiger partial charge in [-0.25, -0.2) is 0 Å². The SMILES string of the molecule is CO[C@@H]1O[C@H](CO)[C@@H](O)[C@H](OCc2ccccc2)[C@H]1O. The molecule has 112 valence electrons. The fourth-order valence-electron chi connectivity index (χ4n) is 2.21. The van der Waals surface area contributed by atoms with E-state index in [1.807, 2.05) is 30.3 Å². The first-order valence-corrected chi connectivity index (χ1v) is 6.48. The molecule has 0 saturated carbocycles. The molecular formula is C14H20O6. The third kappa shape index (κ3) is 3.35. The lowest BCUT2D eigenvalue weighted by molar-refractivity contribution is -0.303. The van der Waals surface area contributed by atoms with Gasteiger partial charge in [-0.3, -0.25) is 0 Å². The van der Waals surface area contributed by atoms with Crippen LogP contribution in [0.25, 0.3) is 0 Å². The molecule has 5 atom stereocenters.